The second-order valence-corrected chi connectivity index (χ2v) is 2.33. The molecule has 2 bridgehead atoms. The summed E-state index contributed by atoms with van der Waals surface area (Å²) in [5, 5.41) is 3.23. The predicted octanol–water partition coefficient (Wildman–Crippen LogP) is 0.374. The molecule has 0 spiro atoms. The maximum Gasteiger partial charge on any atom is 0.108 e. The van der Waals surface area contributed by atoms with Crippen molar-refractivity contribution in [3.05, 3.63) is 0 Å². The molecule has 3 heteroatoms. The molecule has 2 atom stereocenters. The third kappa shape index (κ3) is 0.835. The molecule has 8 heavy (non-hydrogen) atoms. The normalized spacial score (nSPS) is 42.0. The fourth-order valence-electron chi connectivity index (χ4n) is 1.27. The van der Waals surface area contributed by atoms with Crippen LogP contribution in [0.2, 0.25) is 0 Å². The van der Waals surface area contributed by atoms with Crippen LogP contribution in [-0.4, -0.2) is 19.4 Å². The van der Waals surface area contributed by atoms with E-state index in [1.807, 2.05) is 0 Å². The van der Waals surface area contributed by atoms with Crippen LogP contribution in [0.15, 0.2) is 0 Å². The molecule has 0 aromatic rings. The van der Waals surface area contributed by atoms with Gasteiger partial charge in [0.2, 0.25) is 0 Å². The quantitative estimate of drug-likeness (QED) is 0.519. The first-order valence-corrected chi connectivity index (χ1v) is 2.80. The van der Waals surface area contributed by atoms with Crippen LogP contribution in [0.25, 0.3) is 0 Å². The van der Waals surface area contributed by atoms with Crippen molar-refractivity contribution < 1.29 is 4.74 Å². The van der Waals surface area contributed by atoms with Crippen molar-refractivity contribution in [2.24, 2.45) is 5.92 Å². The van der Waals surface area contributed by atoms with E-state index in [1.165, 1.54) is 13.0 Å². The van der Waals surface area contributed by atoms with E-state index in [4.69, 9.17) is 4.74 Å². The van der Waals surface area contributed by atoms with E-state index in [1.54, 1.807) is 0 Å². The Morgan fingerprint density at radius 1 is 1.50 bits per heavy atom. The van der Waals surface area contributed by atoms with Crippen LogP contribution >= 0.6 is 12.4 Å². The number of rotatable bonds is 0. The zero-order valence-corrected chi connectivity index (χ0v) is 5.41. The van der Waals surface area contributed by atoms with Crippen LogP contribution < -0.4 is 5.32 Å². The van der Waals surface area contributed by atoms with Crippen molar-refractivity contribution in [1.82, 2.24) is 5.32 Å². The van der Waals surface area contributed by atoms with Crippen molar-refractivity contribution >= 4 is 12.4 Å². The monoisotopic (exact) mass is 135 g/mol. The Kier molecular flexibility index (Phi) is 1.75. The Morgan fingerprint density at radius 3 is 2.50 bits per heavy atom. The molecule has 0 aromatic carbocycles. The Labute approximate surface area is 55.0 Å². The second-order valence-electron chi connectivity index (χ2n) is 2.33. The van der Waals surface area contributed by atoms with E-state index in [0.717, 1.165) is 12.5 Å². The number of ether oxygens (including phenoxy) is 1. The van der Waals surface area contributed by atoms with Crippen molar-refractivity contribution in [2.75, 3.05) is 13.2 Å². The summed E-state index contributed by atoms with van der Waals surface area (Å²) in [5.74, 6) is 0.838. The summed E-state index contributed by atoms with van der Waals surface area (Å²) in [6.07, 6.45) is 1.67. The molecule has 48 valence electrons. The number of hydrogen-bond donors (Lipinski definition) is 1. The van der Waals surface area contributed by atoms with Crippen molar-refractivity contribution in [3.8, 4) is 0 Å². The lowest BCUT2D eigenvalue weighted by Gasteiger charge is -2.10. The van der Waals surface area contributed by atoms with E-state index in [0.29, 0.717) is 6.23 Å². The molecule has 0 amide bonds. The van der Waals surface area contributed by atoms with E-state index in [9.17, 15) is 0 Å². The Balaban J connectivity index is 0.000000320. The number of hydrogen-bond acceptors (Lipinski definition) is 2. The summed E-state index contributed by atoms with van der Waals surface area (Å²) in [4.78, 5) is 0. The van der Waals surface area contributed by atoms with Crippen LogP contribution in [0.3, 0.4) is 0 Å². The summed E-state index contributed by atoms with van der Waals surface area (Å²) >= 11 is 0. The van der Waals surface area contributed by atoms with Crippen molar-refractivity contribution in [3.63, 3.8) is 0 Å². The largest absolute Gasteiger partial charge is 0.363 e. The standard InChI is InChI=1S/C5H9NO.ClH/c1-4-2-6-5(1)7-3-4;/h4-6H,1-3H2;1H. The molecule has 2 aliphatic heterocycles. The van der Waals surface area contributed by atoms with Gasteiger partial charge in [0.05, 0.1) is 6.61 Å². The number of nitrogens with one attached hydrogen (secondary N) is 1. The summed E-state index contributed by atoms with van der Waals surface area (Å²) in [7, 11) is 0. The Bertz CT molecular complexity index is 70.5. The van der Waals surface area contributed by atoms with E-state index >= 15 is 0 Å². The third-order valence-corrected chi connectivity index (χ3v) is 1.71. The van der Waals surface area contributed by atoms with Gasteiger partial charge in [-0.15, -0.1) is 12.4 Å². The highest BCUT2D eigenvalue weighted by atomic mass is 35.5. The van der Waals surface area contributed by atoms with Crippen LogP contribution in [0, 0.1) is 5.92 Å². The van der Waals surface area contributed by atoms with Crippen molar-refractivity contribution in [1.29, 1.82) is 0 Å². The molecular formula is C5H10ClNO. The minimum Gasteiger partial charge on any atom is -0.363 e. The van der Waals surface area contributed by atoms with Gasteiger partial charge in [-0.25, -0.2) is 0 Å². The average Bonchev–Trinajstić information content (AvgIpc) is 2.22. The lowest BCUT2D eigenvalue weighted by atomic mass is 10.2. The van der Waals surface area contributed by atoms with Crippen LogP contribution in [-0.2, 0) is 4.74 Å². The molecule has 0 saturated carbocycles. The van der Waals surface area contributed by atoms with Gasteiger partial charge in [-0.3, -0.25) is 5.32 Å². The molecule has 2 saturated heterocycles. The third-order valence-electron chi connectivity index (χ3n) is 1.71. The summed E-state index contributed by atoms with van der Waals surface area (Å²) < 4.78 is 5.24. The molecular weight excluding hydrogens is 126 g/mol. The minimum absolute atomic E-state index is 0. The first-order valence-electron chi connectivity index (χ1n) is 2.80. The van der Waals surface area contributed by atoms with Gasteiger partial charge in [-0.05, 0) is 12.3 Å². The number of fused-ring (bicyclic) bond motifs is 2. The molecule has 0 aliphatic carbocycles. The van der Waals surface area contributed by atoms with Gasteiger partial charge in [0.25, 0.3) is 0 Å². The summed E-state index contributed by atoms with van der Waals surface area (Å²) in [6, 6.07) is 0. The zero-order chi connectivity index (χ0) is 4.69. The second kappa shape index (κ2) is 2.21. The summed E-state index contributed by atoms with van der Waals surface area (Å²) in [6.45, 7) is 2.18. The smallest absolute Gasteiger partial charge is 0.108 e. The SMILES string of the molecule is C1NC2CC1CO2.Cl. The molecule has 2 fully saturated rings. The van der Waals surface area contributed by atoms with Gasteiger partial charge < -0.3 is 4.74 Å². The van der Waals surface area contributed by atoms with Gasteiger partial charge >= 0.3 is 0 Å². The lowest BCUT2D eigenvalue weighted by molar-refractivity contribution is 0.0625. The van der Waals surface area contributed by atoms with Crippen molar-refractivity contribution in [2.45, 2.75) is 12.6 Å². The molecule has 2 nitrogen and oxygen atoms in total. The average molecular weight is 136 g/mol. The van der Waals surface area contributed by atoms with E-state index in [-0.39, 0.29) is 12.4 Å². The fraction of sp³-hybridized carbons (Fsp3) is 1.00. The lowest BCUT2D eigenvalue weighted by Crippen LogP contribution is -2.28. The molecule has 0 aromatic heterocycles. The van der Waals surface area contributed by atoms with E-state index < -0.39 is 0 Å². The van der Waals surface area contributed by atoms with Crippen LogP contribution in [0.1, 0.15) is 6.42 Å². The van der Waals surface area contributed by atoms with Crippen LogP contribution in [0.5, 0.6) is 0 Å². The predicted molar refractivity (Wildman–Crippen MR) is 33.1 cm³/mol. The van der Waals surface area contributed by atoms with Gasteiger partial charge in [0.15, 0.2) is 0 Å². The molecule has 1 N–H and O–H groups in total. The zero-order valence-electron chi connectivity index (χ0n) is 4.59. The minimum atomic E-state index is 0. The molecule has 2 aliphatic rings. The highest BCUT2D eigenvalue weighted by molar-refractivity contribution is 5.85. The maximum absolute atomic E-state index is 5.24. The fourth-order valence-corrected chi connectivity index (χ4v) is 1.27. The molecule has 2 rings (SSSR count). The summed E-state index contributed by atoms with van der Waals surface area (Å²) in [5.41, 5.74) is 0. The Morgan fingerprint density at radius 2 is 2.38 bits per heavy atom. The van der Waals surface area contributed by atoms with Crippen LogP contribution in [0.4, 0.5) is 0 Å². The highest BCUT2D eigenvalue weighted by Crippen LogP contribution is 2.22. The first-order chi connectivity index (χ1) is 3.45. The topological polar surface area (TPSA) is 21.3 Å². The van der Waals surface area contributed by atoms with E-state index in [2.05, 4.69) is 5.32 Å². The Hall–Kier alpha value is 0.210. The van der Waals surface area contributed by atoms with Gasteiger partial charge in [-0.1, -0.05) is 0 Å². The van der Waals surface area contributed by atoms with Gasteiger partial charge in [0, 0.05) is 6.54 Å². The molecule has 0 radical (unpaired) electrons. The van der Waals surface area contributed by atoms with Gasteiger partial charge in [-0.2, -0.15) is 0 Å². The van der Waals surface area contributed by atoms with Gasteiger partial charge in [0.1, 0.15) is 6.23 Å². The maximum atomic E-state index is 5.24. The molecule has 2 unspecified atom stereocenters. The highest BCUT2D eigenvalue weighted by Gasteiger charge is 2.31. The molecule has 2 heterocycles. The number of halogens is 1. The first kappa shape index (κ1) is 6.33.